The van der Waals surface area contributed by atoms with Crippen molar-refractivity contribution < 1.29 is 23.6 Å². The molecule has 0 saturated carbocycles. The number of carbonyl (C=O) groups is 3. The first-order valence-electron chi connectivity index (χ1n) is 7.80. The molecule has 8 heteroatoms. The lowest BCUT2D eigenvalue weighted by Gasteiger charge is -2.29. The Balaban J connectivity index is 1.54. The van der Waals surface area contributed by atoms with Crippen molar-refractivity contribution in [3.8, 4) is 0 Å². The van der Waals surface area contributed by atoms with Gasteiger partial charge in [0.15, 0.2) is 12.4 Å². The summed E-state index contributed by atoms with van der Waals surface area (Å²) >= 11 is 0. The second-order valence-corrected chi connectivity index (χ2v) is 5.64. The zero-order valence-corrected chi connectivity index (χ0v) is 13.7. The van der Waals surface area contributed by atoms with Crippen molar-refractivity contribution in [2.24, 2.45) is 0 Å². The van der Waals surface area contributed by atoms with Crippen LogP contribution in [-0.2, 0) is 25.7 Å². The number of benzene rings is 1. The molecule has 1 aromatic carbocycles. The smallest absolute Gasteiger partial charge is 0.306 e. The minimum Gasteiger partial charge on any atom is -0.457 e. The van der Waals surface area contributed by atoms with Crippen molar-refractivity contribution in [2.45, 2.75) is 26.4 Å². The number of aromatic nitrogens is 1. The van der Waals surface area contributed by atoms with Gasteiger partial charge in [-0.25, -0.2) is 0 Å². The molecule has 2 aromatic rings. The largest absolute Gasteiger partial charge is 0.457 e. The number of nitrogens with one attached hydrogen (secondary N) is 1. The number of ether oxygens (including phenoxy) is 1. The SMILES string of the molecule is Cc1cc(COC(=O)CCC(=O)N2CC(=O)Nc3ccccc32)on1. The predicted molar refractivity (Wildman–Crippen MR) is 87.7 cm³/mol. The molecule has 0 bridgehead atoms. The molecule has 2 amide bonds. The molecule has 1 aliphatic heterocycles. The van der Waals surface area contributed by atoms with Gasteiger partial charge in [0, 0.05) is 12.5 Å². The number of anilines is 2. The standard InChI is InChI=1S/C17H17N3O5/c1-11-8-12(25-19-11)10-24-17(23)7-6-16(22)20-9-15(21)18-13-4-2-3-5-14(13)20/h2-5,8H,6-7,9-10H2,1H3,(H,18,21). The zero-order valence-electron chi connectivity index (χ0n) is 13.7. The second-order valence-electron chi connectivity index (χ2n) is 5.64. The maximum Gasteiger partial charge on any atom is 0.306 e. The van der Waals surface area contributed by atoms with Crippen LogP contribution in [0.1, 0.15) is 24.3 Å². The molecule has 25 heavy (non-hydrogen) atoms. The number of amides is 2. The van der Waals surface area contributed by atoms with Crippen molar-refractivity contribution in [1.82, 2.24) is 5.16 Å². The van der Waals surface area contributed by atoms with Gasteiger partial charge in [-0.3, -0.25) is 14.4 Å². The summed E-state index contributed by atoms with van der Waals surface area (Å²) in [5, 5.41) is 6.40. The molecular formula is C17H17N3O5. The van der Waals surface area contributed by atoms with E-state index < -0.39 is 5.97 Å². The highest BCUT2D eigenvalue weighted by Crippen LogP contribution is 2.29. The Morgan fingerprint density at radius 2 is 2.12 bits per heavy atom. The lowest BCUT2D eigenvalue weighted by atomic mass is 10.1. The third-order valence-electron chi connectivity index (χ3n) is 3.67. The van der Waals surface area contributed by atoms with E-state index in [2.05, 4.69) is 10.5 Å². The lowest BCUT2D eigenvalue weighted by Crippen LogP contribution is -2.42. The fraction of sp³-hybridized carbons (Fsp3) is 0.294. The molecule has 1 aliphatic rings. The van der Waals surface area contributed by atoms with Crippen molar-refractivity contribution in [2.75, 3.05) is 16.8 Å². The molecule has 0 atom stereocenters. The number of carbonyl (C=O) groups excluding carboxylic acids is 3. The van der Waals surface area contributed by atoms with Crippen molar-refractivity contribution in [3.05, 3.63) is 41.8 Å². The summed E-state index contributed by atoms with van der Waals surface area (Å²) in [6, 6.07) is 8.69. The first-order chi connectivity index (χ1) is 12.0. The molecular weight excluding hydrogens is 326 g/mol. The van der Waals surface area contributed by atoms with Crippen LogP contribution in [0, 0.1) is 6.92 Å². The normalized spacial score (nSPS) is 13.2. The van der Waals surface area contributed by atoms with Gasteiger partial charge in [0.05, 0.1) is 23.5 Å². The second kappa shape index (κ2) is 7.16. The highest BCUT2D eigenvalue weighted by atomic mass is 16.5. The van der Waals surface area contributed by atoms with Crippen LogP contribution in [-0.4, -0.2) is 29.5 Å². The van der Waals surface area contributed by atoms with E-state index in [1.54, 1.807) is 37.3 Å². The van der Waals surface area contributed by atoms with Crippen LogP contribution >= 0.6 is 0 Å². The van der Waals surface area contributed by atoms with Gasteiger partial charge < -0.3 is 19.5 Å². The van der Waals surface area contributed by atoms with Gasteiger partial charge in [0.25, 0.3) is 0 Å². The molecule has 2 heterocycles. The zero-order chi connectivity index (χ0) is 17.8. The monoisotopic (exact) mass is 343 g/mol. The highest BCUT2D eigenvalue weighted by Gasteiger charge is 2.26. The van der Waals surface area contributed by atoms with Crippen LogP contribution in [0.2, 0.25) is 0 Å². The maximum atomic E-state index is 12.4. The van der Waals surface area contributed by atoms with E-state index in [4.69, 9.17) is 9.26 Å². The average molecular weight is 343 g/mol. The molecule has 130 valence electrons. The molecule has 0 spiro atoms. The van der Waals surface area contributed by atoms with E-state index >= 15 is 0 Å². The van der Waals surface area contributed by atoms with E-state index in [1.807, 2.05) is 0 Å². The van der Waals surface area contributed by atoms with E-state index in [0.717, 1.165) is 0 Å². The molecule has 0 unspecified atom stereocenters. The Morgan fingerprint density at radius 3 is 2.88 bits per heavy atom. The van der Waals surface area contributed by atoms with Crippen LogP contribution in [0.5, 0.6) is 0 Å². The number of hydrogen-bond donors (Lipinski definition) is 1. The predicted octanol–water partition coefficient (Wildman–Crippen LogP) is 1.79. The molecule has 0 aliphatic carbocycles. The van der Waals surface area contributed by atoms with E-state index in [0.29, 0.717) is 22.8 Å². The maximum absolute atomic E-state index is 12.4. The van der Waals surface area contributed by atoms with Crippen LogP contribution in [0.3, 0.4) is 0 Å². The van der Waals surface area contributed by atoms with E-state index in [-0.39, 0.29) is 37.8 Å². The van der Waals surface area contributed by atoms with Gasteiger partial charge in [-0.2, -0.15) is 0 Å². The summed E-state index contributed by atoms with van der Waals surface area (Å²) in [7, 11) is 0. The molecule has 8 nitrogen and oxygen atoms in total. The van der Waals surface area contributed by atoms with Crippen LogP contribution in [0.15, 0.2) is 34.9 Å². The van der Waals surface area contributed by atoms with Gasteiger partial charge in [0.1, 0.15) is 6.54 Å². The first-order valence-corrected chi connectivity index (χ1v) is 7.80. The summed E-state index contributed by atoms with van der Waals surface area (Å²) < 4.78 is 9.99. The van der Waals surface area contributed by atoms with Gasteiger partial charge >= 0.3 is 5.97 Å². The molecule has 0 radical (unpaired) electrons. The third kappa shape index (κ3) is 4.03. The number of nitrogens with zero attached hydrogens (tertiary/aromatic N) is 2. The quantitative estimate of drug-likeness (QED) is 0.831. The summed E-state index contributed by atoms with van der Waals surface area (Å²) in [6.45, 7) is 1.67. The molecule has 0 fully saturated rings. The van der Waals surface area contributed by atoms with Gasteiger partial charge in [-0.1, -0.05) is 17.3 Å². The molecule has 1 N–H and O–H groups in total. The minimum absolute atomic E-state index is 0.0250. The van der Waals surface area contributed by atoms with Gasteiger partial charge in [-0.05, 0) is 19.1 Å². The number of fused-ring (bicyclic) bond motifs is 1. The van der Waals surface area contributed by atoms with Crippen molar-refractivity contribution in [1.29, 1.82) is 0 Å². The lowest BCUT2D eigenvalue weighted by molar-refractivity contribution is -0.146. The average Bonchev–Trinajstić information content (AvgIpc) is 3.02. The summed E-state index contributed by atoms with van der Waals surface area (Å²) in [5.74, 6) is -0.652. The topological polar surface area (TPSA) is 102 Å². The summed E-state index contributed by atoms with van der Waals surface area (Å²) in [5.41, 5.74) is 1.90. The number of esters is 1. The first kappa shape index (κ1) is 16.7. The number of hydrogen-bond acceptors (Lipinski definition) is 6. The Morgan fingerprint density at radius 1 is 1.32 bits per heavy atom. The number of para-hydroxylation sites is 2. The number of aryl methyl sites for hydroxylation is 1. The van der Waals surface area contributed by atoms with E-state index in [9.17, 15) is 14.4 Å². The number of rotatable bonds is 5. The fourth-order valence-corrected chi connectivity index (χ4v) is 2.51. The summed E-state index contributed by atoms with van der Waals surface area (Å²) in [4.78, 5) is 37.3. The van der Waals surface area contributed by atoms with Crippen LogP contribution in [0.25, 0.3) is 0 Å². The van der Waals surface area contributed by atoms with Gasteiger partial charge in [0.2, 0.25) is 11.8 Å². The third-order valence-corrected chi connectivity index (χ3v) is 3.67. The van der Waals surface area contributed by atoms with Gasteiger partial charge in [-0.15, -0.1) is 0 Å². The van der Waals surface area contributed by atoms with E-state index in [1.165, 1.54) is 4.90 Å². The Labute approximate surface area is 143 Å². The molecule has 1 aromatic heterocycles. The molecule has 3 rings (SSSR count). The van der Waals surface area contributed by atoms with Crippen LogP contribution < -0.4 is 10.2 Å². The van der Waals surface area contributed by atoms with Crippen molar-refractivity contribution >= 4 is 29.2 Å². The molecule has 0 saturated heterocycles. The minimum atomic E-state index is -0.517. The summed E-state index contributed by atoms with van der Waals surface area (Å²) in [6.07, 6.45) is -0.123. The Hall–Kier alpha value is -3.16. The Kier molecular flexibility index (Phi) is 4.78. The Bertz CT molecular complexity index is 814. The fourth-order valence-electron chi connectivity index (χ4n) is 2.51. The van der Waals surface area contributed by atoms with Crippen LogP contribution in [0.4, 0.5) is 11.4 Å². The highest BCUT2D eigenvalue weighted by molar-refractivity contribution is 6.10. The van der Waals surface area contributed by atoms with Crippen molar-refractivity contribution in [3.63, 3.8) is 0 Å².